The van der Waals surface area contributed by atoms with Crippen molar-refractivity contribution in [1.82, 2.24) is 4.98 Å². The van der Waals surface area contributed by atoms with Gasteiger partial charge in [0, 0.05) is 6.07 Å². The molecule has 1 unspecified atom stereocenters. The Labute approximate surface area is 104 Å². The van der Waals surface area contributed by atoms with Crippen molar-refractivity contribution < 1.29 is 19.0 Å². The van der Waals surface area contributed by atoms with Gasteiger partial charge in [0.05, 0.1) is 12.7 Å². The molecule has 96 valence electrons. The van der Waals surface area contributed by atoms with E-state index >= 15 is 0 Å². The summed E-state index contributed by atoms with van der Waals surface area (Å²) in [5.74, 6) is 1.78. The van der Waals surface area contributed by atoms with E-state index in [0.717, 1.165) is 6.42 Å². The highest BCUT2D eigenvalue weighted by Crippen LogP contribution is 2.33. The van der Waals surface area contributed by atoms with Crippen molar-refractivity contribution in [2.45, 2.75) is 19.4 Å². The minimum atomic E-state index is -0.356. The van der Waals surface area contributed by atoms with E-state index in [1.54, 1.807) is 12.3 Å². The van der Waals surface area contributed by atoms with Gasteiger partial charge in [-0.1, -0.05) is 6.92 Å². The fourth-order valence-corrected chi connectivity index (χ4v) is 2.01. The maximum Gasteiger partial charge on any atom is 0.415 e. The molecule has 1 aromatic rings. The van der Waals surface area contributed by atoms with Crippen molar-refractivity contribution in [1.29, 1.82) is 0 Å². The first-order valence-corrected chi connectivity index (χ1v) is 6.01. The monoisotopic (exact) mass is 250 g/mol. The summed E-state index contributed by atoms with van der Waals surface area (Å²) in [6.07, 6.45) is 1.96. The fourth-order valence-electron chi connectivity index (χ4n) is 2.01. The summed E-state index contributed by atoms with van der Waals surface area (Å²) < 4.78 is 16.1. The third-order valence-corrected chi connectivity index (χ3v) is 3.02. The van der Waals surface area contributed by atoms with Gasteiger partial charge in [-0.3, -0.25) is 4.90 Å². The predicted octanol–water partition coefficient (Wildman–Crippen LogP) is 1.59. The van der Waals surface area contributed by atoms with Crippen molar-refractivity contribution in [3.63, 3.8) is 0 Å². The number of nitrogens with zero attached hydrogens (tertiary/aromatic N) is 2. The molecule has 0 saturated carbocycles. The van der Waals surface area contributed by atoms with Crippen molar-refractivity contribution in [3.8, 4) is 11.5 Å². The second kappa shape index (κ2) is 4.36. The molecule has 0 aliphatic carbocycles. The molecule has 0 radical (unpaired) electrons. The number of hydrogen-bond acceptors (Lipinski definition) is 5. The lowest BCUT2D eigenvalue weighted by atomic mass is 10.3. The number of amides is 1. The molecular formula is C12H14N2O4. The first kappa shape index (κ1) is 11.1. The van der Waals surface area contributed by atoms with E-state index in [-0.39, 0.29) is 12.2 Å². The van der Waals surface area contributed by atoms with Gasteiger partial charge in [0.2, 0.25) is 0 Å². The molecule has 18 heavy (non-hydrogen) atoms. The third kappa shape index (κ3) is 1.83. The Kier molecular flexibility index (Phi) is 2.70. The lowest BCUT2D eigenvalue weighted by Gasteiger charge is -2.20. The Bertz CT molecular complexity index is 477. The number of rotatable bonds is 2. The van der Waals surface area contributed by atoms with Crippen LogP contribution in [0.4, 0.5) is 10.6 Å². The summed E-state index contributed by atoms with van der Waals surface area (Å²) in [6, 6.07) is 1.72. The van der Waals surface area contributed by atoms with Gasteiger partial charge in [-0.15, -0.1) is 0 Å². The van der Waals surface area contributed by atoms with Crippen LogP contribution >= 0.6 is 0 Å². The molecule has 0 spiro atoms. The molecule has 1 amide bonds. The minimum absolute atomic E-state index is 0.0625. The highest BCUT2D eigenvalue weighted by Gasteiger charge is 2.32. The molecule has 6 heteroatoms. The SMILES string of the molecule is CCC1CN(c2cc3c(cn2)OCCO3)C(=O)O1. The summed E-state index contributed by atoms with van der Waals surface area (Å²) in [5.41, 5.74) is 0. The Morgan fingerprint density at radius 1 is 1.39 bits per heavy atom. The van der Waals surface area contributed by atoms with Gasteiger partial charge in [0.25, 0.3) is 0 Å². The highest BCUT2D eigenvalue weighted by atomic mass is 16.6. The number of carbonyl (C=O) groups is 1. The second-order valence-electron chi connectivity index (χ2n) is 4.21. The maximum atomic E-state index is 11.7. The van der Waals surface area contributed by atoms with Gasteiger partial charge < -0.3 is 14.2 Å². The van der Waals surface area contributed by atoms with Crippen LogP contribution in [0.2, 0.25) is 0 Å². The predicted molar refractivity (Wildman–Crippen MR) is 63.1 cm³/mol. The van der Waals surface area contributed by atoms with Crippen LogP contribution in [0.3, 0.4) is 0 Å². The Morgan fingerprint density at radius 2 is 2.17 bits per heavy atom. The number of hydrogen-bond donors (Lipinski definition) is 0. The molecule has 1 atom stereocenters. The summed E-state index contributed by atoms with van der Waals surface area (Å²) in [6.45, 7) is 3.55. The van der Waals surface area contributed by atoms with Gasteiger partial charge in [0.1, 0.15) is 25.1 Å². The molecule has 0 aromatic carbocycles. The topological polar surface area (TPSA) is 60.9 Å². The van der Waals surface area contributed by atoms with Crippen LogP contribution in [0.1, 0.15) is 13.3 Å². The van der Waals surface area contributed by atoms with Gasteiger partial charge in [-0.25, -0.2) is 9.78 Å². The molecule has 1 fully saturated rings. The highest BCUT2D eigenvalue weighted by molar-refractivity contribution is 5.88. The molecular weight excluding hydrogens is 236 g/mol. The largest absolute Gasteiger partial charge is 0.486 e. The number of anilines is 1. The average Bonchev–Trinajstić information content (AvgIpc) is 2.79. The lowest BCUT2D eigenvalue weighted by molar-refractivity contribution is 0.139. The van der Waals surface area contributed by atoms with Crippen molar-refractivity contribution in [2.75, 3.05) is 24.7 Å². The van der Waals surface area contributed by atoms with Crippen LogP contribution in [0.5, 0.6) is 11.5 Å². The molecule has 2 aliphatic rings. The molecule has 0 bridgehead atoms. The Hall–Kier alpha value is -1.98. The van der Waals surface area contributed by atoms with E-state index in [2.05, 4.69) is 4.98 Å². The second-order valence-corrected chi connectivity index (χ2v) is 4.21. The zero-order chi connectivity index (χ0) is 12.5. The van der Waals surface area contributed by atoms with E-state index in [9.17, 15) is 4.79 Å². The van der Waals surface area contributed by atoms with Gasteiger partial charge >= 0.3 is 6.09 Å². The lowest BCUT2D eigenvalue weighted by Crippen LogP contribution is -2.26. The first-order valence-electron chi connectivity index (χ1n) is 6.01. The smallest absolute Gasteiger partial charge is 0.415 e. The van der Waals surface area contributed by atoms with Crippen LogP contribution in [-0.4, -0.2) is 36.9 Å². The van der Waals surface area contributed by atoms with Crippen molar-refractivity contribution >= 4 is 11.9 Å². The van der Waals surface area contributed by atoms with Crippen LogP contribution in [-0.2, 0) is 4.74 Å². The normalized spacial score (nSPS) is 21.9. The quantitative estimate of drug-likeness (QED) is 0.797. The summed E-state index contributed by atoms with van der Waals surface area (Å²) in [7, 11) is 0. The van der Waals surface area contributed by atoms with Gasteiger partial charge in [0.15, 0.2) is 11.5 Å². The standard InChI is InChI=1S/C12H14N2O4/c1-2-8-7-14(12(15)18-8)11-5-9-10(6-13-11)17-4-3-16-9/h5-6,8H,2-4,7H2,1H3. The molecule has 0 N–H and O–H groups in total. The minimum Gasteiger partial charge on any atom is -0.486 e. The van der Waals surface area contributed by atoms with E-state index < -0.39 is 0 Å². The van der Waals surface area contributed by atoms with Gasteiger partial charge in [-0.2, -0.15) is 0 Å². The number of aromatic nitrogens is 1. The third-order valence-electron chi connectivity index (χ3n) is 3.02. The van der Waals surface area contributed by atoms with E-state index in [1.807, 2.05) is 6.92 Å². The zero-order valence-electron chi connectivity index (χ0n) is 10.1. The number of cyclic esters (lactones) is 1. The number of ether oxygens (including phenoxy) is 3. The average molecular weight is 250 g/mol. The van der Waals surface area contributed by atoms with Gasteiger partial charge in [-0.05, 0) is 6.42 Å². The molecule has 1 aromatic heterocycles. The molecule has 2 aliphatic heterocycles. The van der Waals surface area contributed by atoms with Crippen LogP contribution in [0, 0.1) is 0 Å². The number of carbonyl (C=O) groups excluding carboxylic acids is 1. The Balaban J connectivity index is 1.86. The fraction of sp³-hybridized carbons (Fsp3) is 0.500. The van der Waals surface area contributed by atoms with Crippen molar-refractivity contribution in [2.24, 2.45) is 0 Å². The number of pyridine rings is 1. The van der Waals surface area contributed by atoms with Crippen LogP contribution in [0.25, 0.3) is 0 Å². The van der Waals surface area contributed by atoms with Crippen LogP contribution in [0.15, 0.2) is 12.3 Å². The summed E-state index contributed by atoms with van der Waals surface area (Å²) in [5, 5.41) is 0. The zero-order valence-corrected chi connectivity index (χ0v) is 10.1. The first-order chi connectivity index (χ1) is 8.78. The van der Waals surface area contributed by atoms with Crippen molar-refractivity contribution in [3.05, 3.63) is 12.3 Å². The summed E-state index contributed by atoms with van der Waals surface area (Å²) >= 11 is 0. The Morgan fingerprint density at radius 3 is 2.89 bits per heavy atom. The molecule has 3 rings (SSSR count). The maximum absolute atomic E-state index is 11.7. The van der Waals surface area contributed by atoms with E-state index in [0.29, 0.717) is 37.1 Å². The molecule has 6 nitrogen and oxygen atoms in total. The number of fused-ring (bicyclic) bond motifs is 1. The van der Waals surface area contributed by atoms with Crippen LogP contribution < -0.4 is 14.4 Å². The molecule has 3 heterocycles. The summed E-state index contributed by atoms with van der Waals surface area (Å²) in [4.78, 5) is 17.4. The van der Waals surface area contributed by atoms with E-state index in [4.69, 9.17) is 14.2 Å². The van der Waals surface area contributed by atoms with E-state index in [1.165, 1.54) is 4.90 Å². The molecule has 1 saturated heterocycles.